The molecule has 2 aromatic rings. The van der Waals surface area contributed by atoms with Gasteiger partial charge in [0.2, 0.25) is 0 Å². The van der Waals surface area contributed by atoms with Gasteiger partial charge in [-0.25, -0.2) is 4.99 Å². The topological polar surface area (TPSA) is 67.6 Å². The highest BCUT2D eigenvalue weighted by atomic mass is 32.1. The van der Waals surface area contributed by atoms with E-state index in [0.717, 1.165) is 37.1 Å². The Morgan fingerprint density at radius 1 is 1.12 bits per heavy atom. The van der Waals surface area contributed by atoms with Crippen LogP contribution in [0, 0.1) is 5.92 Å². The van der Waals surface area contributed by atoms with Crippen LogP contribution in [0.15, 0.2) is 66.3 Å². The number of nitrogens with two attached hydrogens (primary N) is 2. The van der Waals surface area contributed by atoms with Crippen LogP contribution in [-0.2, 0) is 0 Å². The summed E-state index contributed by atoms with van der Waals surface area (Å²) in [6.45, 7) is 5.79. The van der Waals surface area contributed by atoms with Crippen molar-refractivity contribution in [3.05, 3.63) is 66.9 Å². The van der Waals surface area contributed by atoms with Crippen molar-refractivity contribution in [1.82, 2.24) is 4.90 Å². The zero-order valence-electron chi connectivity index (χ0n) is 14.8. The van der Waals surface area contributed by atoms with Gasteiger partial charge in [0, 0.05) is 25.2 Å². The quantitative estimate of drug-likeness (QED) is 0.376. The molecule has 1 aliphatic rings. The molecule has 0 saturated carbocycles. The average molecular weight is 365 g/mol. The predicted octanol–water partition coefficient (Wildman–Crippen LogP) is 3.68. The average Bonchev–Trinajstić information content (AvgIpc) is 2.67. The summed E-state index contributed by atoms with van der Waals surface area (Å²) >= 11 is 5.07. The molecule has 0 unspecified atom stereocenters. The Morgan fingerprint density at radius 3 is 2.50 bits per heavy atom. The van der Waals surface area contributed by atoms with E-state index in [1.807, 2.05) is 18.2 Å². The van der Waals surface area contributed by atoms with Crippen LogP contribution in [0.4, 0.5) is 0 Å². The van der Waals surface area contributed by atoms with Gasteiger partial charge in [-0.3, -0.25) is 0 Å². The normalized spacial score (nSPS) is 16.3. The second-order valence-electron chi connectivity index (χ2n) is 6.55. The van der Waals surface area contributed by atoms with E-state index >= 15 is 0 Å². The molecule has 0 spiro atoms. The van der Waals surface area contributed by atoms with E-state index in [2.05, 4.69) is 46.8 Å². The molecule has 1 aliphatic heterocycles. The lowest BCUT2D eigenvalue weighted by atomic mass is 9.97. The fraction of sp³-hybridized carbons (Fsp3) is 0.238. The fourth-order valence-electron chi connectivity index (χ4n) is 3.16. The molecule has 0 aromatic heterocycles. The van der Waals surface area contributed by atoms with E-state index in [1.54, 1.807) is 6.20 Å². The van der Waals surface area contributed by atoms with E-state index in [-0.39, 0.29) is 0 Å². The van der Waals surface area contributed by atoms with E-state index in [0.29, 0.717) is 16.9 Å². The molecule has 134 valence electrons. The molecule has 5 heteroatoms. The number of likely N-dealkylation sites (tertiary alicyclic amines) is 1. The summed E-state index contributed by atoms with van der Waals surface area (Å²) in [4.78, 5) is 7.03. The van der Waals surface area contributed by atoms with Crippen molar-refractivity contribution in [2.75, 3.05) is 13.1 Å². The fourth-order valence-corrected chi connectivity index (χ4v) is 3.40. The second kappa shape index (κ2) is 8.15. The molecule has 4 N–H and O–H groups in total. The Hall–Kier alpha value is -2.66. The minimum Gasteiger partial charge on any atom is -0.393 e. The first-order valence-corrected chi connectivity index (χ1v) is 9.17. The van der Waals surface area contributed by atoms with Gasteiger partial charge in [0.15, 0.2) is 5.96 Å². The maximum atomic E-state index is 6.10. The van der Waals surface area contributed by atoms with E-state index in [9.17, 15) is 0 Å². The Balaban J connectivity index is 1.62. The Labute approximate surface area is 159 Å². The first-order chi connectivity index (χ1) is 12.5. The second-order valence-corrected chi connectivity index (χ2v) is 7.03. The van der Waals surface area contributed by atoms with E-state index < -0.39 is 0 Å². The molecular weight excluding hydrogens is 340 g/mol. The molecule has 1 saturated heterocycles. The predicted molar refractivity (Wildman–Crippen MR) is 115 cm³/mol. The van der Waals surface area contributed by atoms with Gasteiger partial charge in [0.25, 0.3) is 0 Å². The van der Waals surface area contributed by atoms with Gasteiger partial charge in [-0.2, -0.15) is 0 Å². The van der Waals surface area contributed by atoms with Gasteiger partial charge in [-0.15, -0.1) is 0 Å². The van der Waals surface area contributed by atoms with Crippen molar-refractivity contribution in [3.8, 4) is 0 Å². The highest BCUT2D eigenvalue weighted by molar-refractivity contribution is 7.80. The number of fused-ring (bicyclic) bond motifs is 1. The number of aliphatic imine (C=N–C) groups is 1. The monoisotopic (exact) mass is 364 g/mol. The third-order valence-electron chi connectivity index (χ3n) is 4.82. The summed E-state index contributed by atoms with van der Waals surface area (Å²) < 4.78 is 0. The lowest BCUT2D eigenvalue weighted by Gasteiger charge is -2.31. The summed E-state index contributed by atoms with van der Waals surface area (Å²) in [6.07, 6.45) is 5.46. The Bertz CT molecular complexity index is 876. The number of guanidine groups is 1. The first kappa shape index (κ1) is 18.1. The van der Waals surface area contributed by atoms with Gasteiger partial charge in [-0.1, -0.05) is 55.2 Å². The maximum absolute atomic E-state index is 6.10. The molecule has 0 atom stereocenters. The summed E-state index contributed by atoms with van der Waals surface area (Å²) in [5.74, 6) is 0.839. The van der Waals surface area contributed by atoms with Crippen molar-refractivity contribution in [3.63, 3.8) is 0 Å². The third kappa shape index (κ3) is 4.29. The molecule has 4 nitrogen and oxygen atoms in total. The van der Waals surface area contributed by atoms with Crippen LogP contribution in [0.25, 0.3) is 16.3 Å². The molecule has 0 radical (unpaired) electrons. The van der Waals surface area contributed by atoms with Crippen molar-refractivity contribution in [2.45, 2.75) is 12.8 Å². The highest BCUT2D eigenvalue weighted by Crippen LogP contribution is 2.21. The van der Waals surface area contributed by atoms with Crippen LogP contribution >= 0.6 is 12.2 Å². The van der Waals surface area contributed by atoms with Gasteiger partial charge in [0.05, 0.1) is 4.99 Å². The number of hydrogen-bond acceptors (Lipinski definition) is 2. The molecule has 2 aromatic carbocycles. The summed E-state index contributed by atoms with van der Waals surface area (Å²) in [5, 5.41) is 2.42. The SMILES string of the molecule is C=C(/C=C\N=C(/N)N1CCC(C(N)=S)CC1)c1ccc2ccccc2c1. The highest BCUT2D eigenvalue weighted by Gasteiger charge is 2.21. The Kier molecular flexibility index (Phi) is 5.68. The lowest BCUT2D eigenvalue weighted by molar-refractivity contribution is 0.307. The number of thiocarbonyl (C=S) groups is 1. The molecule has 3 rings (SSSR count). The number of nitrogens with zero attached hydrogens (tertiary/aromatic N) is 2. The molecular formula is C21H24N4S. The number of allylic oxidation sites excluding steroid dienone is 2. The maximum Gasteiger partial charge on any atom is 0.195 e. The van der Waals surface area contributed by atoms with Crippen molar-refractivity contribution < 1.29 is 0 Å². The molecule has 0 bridgehead atoms. The standard InChI is InChI=1S/C21H24N4S/c1-15(18-7-6-16-4-2-3-5-19(16)14-18)8-11-24-21(23)25-12-9-17(10-13-25)20(22)26/h2-8,11,14,17H,1,9-10,12-13H2,(H2,22,26)(H2,23,24)/b11-8-. The van der Waals surface area contributed by atoms with Crippen LogP contribution in [0.1, 0.15) is 18.4 Å². The number of benzene rings is 2. The number of hydrogen-bond donors (Lipinski definition) is 2. The minimum atomic E-state index is 0.317. The van der Waals surface area contributed by atoms with Crippen LogP contribution in [-0.4, -0.2) is 28.9 Å². The van der Waals surface area contributed by atoms with Crippen molar-refractivity contribution in [2.24, 2.45) is 22.4 Å². The molecule has 0 amide bonds. The third-order valence-corrected chi connectivity index (χ3v) is 5.16. The largest absolute Gasteiger partial charge is 0.393 e. The van der Waals surface area contributed by atoms with Crippen molar-refractivity contribution >= 4 is 39.5 Å². The Morgan fingerprint density at radius 2 is 1.81 bits per heavy atom. The summed E-state index contributed by atoms with van der Waals surface area (Å²) in [6, 6.07) is 14.6. The number of rotatable bonds is 4. The van der Waals surface area contributed by atoms with Gasteiger partial charge in [0.1, 0.15) is 0 Å². The van der Waals surface area contributed by atoms with Crippen LogP contribution < -0.4 is 11.5 Å². The van der Waals surface area contributed by atoms with Crippen LogP contribution in [0.3, 0.4) is 0 Å². The lowest BCUT2D eigenvalue weighted by Crippen LogP contribution is -2.44. The molecule has 26 heavy (non-hydrogen) atoms. The van der Waals surface area contributed by atoms with Gasteiger partial charge >= 0.3 is 0 Å². The zero-order valence-corrected chi connectivity index (χ0v) is 15.6. The van der Waals surface area contributed by atoms with Crippen LogP contribution in [0.5, 0.6) is 0 Å². The van der Waals surface area contributed by atoms with Crippen molar-refractivity contribution in [1.29, 1.82) is 0 Å². The van der Waals surface area contributed by atoms with E-state index in [4.69, 9.17) is 23.7 Å². The molecule has 0 aliphatic carbocycles. The zero-order chi connectivity index (χ0) is 18.5. The molecule has 1 heterocycles. The van der Waals surface area contributed by atoms with Gasteiger partial charge < -0.3 is 16.4 Å². The smallest absolute Gasteiger partial charge is 0.195 e. The van der Waals surface area contributed by atoms with Gasteiger partial charge in [-0.05, 0) is 46.9 Å². The van der Waals surface area contributed by atoms with E-state index in [1.165, 1.54) is 10.8 Å². The number of piperidine rings is 1. The molecule has 1 fully saturated rings. The summed E-state index contributed by atoms with van der Waals surface area (Å²) in [7, 11) is 0. The summed E-state index contributed by atoms with van der Waals surface area (Å²) in [5.41, 5.74) is 13.8. The van der Waals surface area contributed by atoms with Crippen LogP contribution in [0.2, 0.25) is 0 Å². The minimum absolute atomic E-state index is 0.317. The first-order valence-electron chi connectivity index (χ1n) is 8.77.